The largest absolute Gasteiger partial charge is 0.344 e. The molecule has 1 saturated heterocycles. The SMILES string of the molecule is O=C1CCC(NC(=O)CCn2ccccc2=O)C(=O)N1. The van der Waals surface area contributed by atoms with Crippen molar-refractivity contribution in [1.82, 2.24) is 15.2 Å². The zero-order chi connectivity index (χ0) is 14.5. The maximum absolute atomic E-state index is 11.7. The van der Waals surface area contributed by atoms with Crippen LogP contribution in [-0.4, -0.2) is 28.3 Å². The first-order valence-electron chi connectivity index (χ1n) is 6.35. The second kappa shape index (κ2) is 6.14. The Labute approximate surface area is 115 Å². The summed E-state index contributed by atoms with van der Waals surface area (Å²) >= 11 is 0. The maximum Gasteiger partial charge on any atom is 0.250 e. The van der Waals surface area contributed by atoms with Gasteiger partial charge in [-0.2, -0.15) is 0 Å². The molecule has 0 spiro atoms. The quantitative estimate of drug-likeness (QED) is 0.701. The number of imide groups is 1. The van der Waals surface area contributed by atoms with Crippen molar-refractivity contribution in [3.63, 3.8) is 0 Å². The fourth-order valence-corrected chi connectivity index (χ4v) is 1.97. The van der Waals surface area contributed by atoms with Crippen LogP contribution >= 0.6 is 0 Å². The van der Waals surface area contributed by atoms with E-state index >= 15 is 0 Å². The number of carbonyl (C=O) groups excluding carboxylic acids is 3. The molecule has 1 unspecified atom stereocenters. The number of aromatic nitrogens is 1. The van der Waals surface area contributed by atoms with E-state index in [1.54, 1.807) is 18.3 Å². The molecule has 2 rings (SSSR count). The van der Waals surface area contributed by atoms with E-state index in [1.165, 1.54) is 10.6 Å². The van der Waals surface area contributed by atoms with Gasteiger partial charge in [-0.05, 0) is 12.5 Å². The maximum atomic E-state index is 11.7. The van der Waals surface area contributed by atoms with Crippen LogP contribution in [0.5, 0.6) is 0 Å². The highest BCUT2D eigenvalue weighted by atomic mass is 16.2. The molecule has 1 fully saturated rings. The third kappa shape index (κ3) is 3.53. The average molecular weight is 277 g/mol. The molecule has 3 amide bonds. The van der Waals surface area contributed by atoms with Gasteiger partial charge in [-0.25, -0.2) is 0 Å². The highest BCUT2D eigenvalue weighted by molar-refractivity contribution is 6.01. The Morgan fingerprint density at radius 2 is 2.15 bits per heavy atom. The zero-order valence-corrected chi connectivity index (χ0v) is 10.8. The molecule has 0 saturated carbocycles. The Bertz CT molecular complexity index is 593. The summed E-state index contributed by atoms with van der Waals surface area (Å²) in [5.41, 5.74) is -0.179. The number of hydrogen-bond donors (Lipinski definition) is 2. The summed E-state index contributed by atoms with van der Waals surface area (Å²) in [6.07, 6.45) is 2.22. The Kier molecular flexibility index (Phi) is 4.29. The van der Waals surface area contributed by atoms with E-state index in [2.05, 4.69) is 10.6 Å². The van der Waals surface area contributed by atoms with Gasteiger partial charge in [0.15, 0.2) is 0 Å². The molecule has 7 heteroatoms. The molecule has 0 radical (unpaired) electrons. The van der Waals surface area contributed by atoms with E-state index in [0.29, 0.717) is 6.42 Å². The number of rotatable bonds is 4. The van der Waals surface area contributed by atoms with E-state index in [9.17, 15) is 19.2 Å². The van der Waals surface area contributed by atoms with E-state index in [0.717, 1.165) is 0 Å². The predicted molar refractivity (Wildman–Crippen MR) is 69.6 cm³/mol. The number of pyridine rings is 1. The fraction of sp³-hybridized carbons (Fsp3) is 0.385. The van der Waals surface area contributed by atoms with Crippen LogP contribution < -0.4 is 16.2 Å². The van der Waals surface area contributed by atoms with Gasteiger partial charge in [0.25, 0.3) is 5.56 Å². The summed E-state index contributed by atoms with van der Waals surface area (Å²) in [5, 5.41) is 4.73. The van der Waals surface area contributed by atoms with Gasteiger partial charge in [-0.15, -0.1) is 0 Å². The third-order valence-corrected chi connectivity index (χ3v) is 3.05. The molecular formula is C13H15N3O4. The molecule has 1 atom stereocenters. The first-order valence-corrected chi connectivity index (χ1v) is 6.35. The lowest BCUT2D eigenvalue weighted by Crippen LogP contribution is -2.52. The number of nitrogens with one attached hydrogen (secondary N) is 2. The minimum atomic E-state index is -0.673. The molecule has 0 bridgehead atoms. The minimum Gasteiger partial charge on any atom is -0.344 e. The van der Waals surface area contributed by atoms with Crippen molar-refractivity contribution in [1.29, 1.82) is 0 Å². The van der Waals surface area contributed by atoms with Crippen LogP contribution in [0.4, 0.5) is 0 Å². The zero-order valence-electron chi connectivity index (χ0n) is 10.8. The van der Waals surface area contributed by atoms with Gasteiger partial charge < -0.3 is 9.88 Å². The van der Waals surface area contributed by atoms with Crippen LogP contribution in [0.2, 0.25) is 0 Å². The molecule has 2 heterocycles. The van der Waals surface area contributed by atoms with Crippen molar-refractivity contribution in [2.24, 2.45) is 0 Å². The monoisotopic (exact) mass is 277 g/mol. The second-order valence-electron chi connectivity index (χ2n) is 4.55. The van der Waals surface area contributed by atoms with Crippen molar-refractivity contribution in [3.8, 4) is 0 Å². The molecule has 0 aromatic carbocycles. The minimum absolute atomic E-state index is 0.0989. The number of hydrogen-bond acceptors (Lipinski definition) is 4. The van der Waals surface area contributed by atoms with Gasteiger partial charge in [-0.1, -0.05) is 6.07 Å². The number of carbonyl (C=O) groups is 3. The Balaban J connectivity index is 1.84. The van der Waals surface area contributed by atoms with E-state index in [-0.39, 0.29) is 36.8 Å². The number of amides is 3. The lowest BCUT2D eigenvalue weighted by molar-refractivity contribution is -0.137. The van der Waals surface area contributed by atoms with E-state index in [1.807, 2.05) is 0 Å². The van der Waals surface area contributed by atoms with Crippen molar-refractivity contribution in [2.75, 3.05) is 0 Å². The number of aryl methyl sites for hydroxylation is 1. The van der Waals surface area contributed by atoms with Crippen LogP contribution in [-0.2, 0) is 20.9 Å². The topological polar surface area (TPSA) is 97.3 Å². The van der Waals surface area contributed by atoms with Gasteiger partial charge >= 0.3 is 0 Å². The van der Waals surface area contributed by atoms with E-state index in [4.69, 9.17) is 0 Å². The number of piperidine rings is 1. The van der Waals surface area contributed by atoms with Crippen molar-refractivity contribution < 1.29 is 14.4 Å². The van der Waals surface area contributed by atoms with Gasteiger partial charge in [0.2, 0.25) is 17.7 Å². The van der Waals surface area contributed by atoms with Crippen molar-refractivity contribution in [3.05, 3.63) is 34.7 Å². The summed E-state index contributed by atoms with van der Waals surface area (Å²) in [5.74, 6) is -1.13. The van der Waals surface area contributed by atoms with E-state index < -0.39 is 11.9 Å². The molecule has 0 aliphatic carbocycles. The lowest BCUT2D eigenvalue weighted by atomic mass is 10.1. The summed E-state index contributed by atoms with van der Waals surface area (Å²) in [6, 6.07) is 4.08. The molecule has 2 N–H and O–H groups in total. The molecule has 1 aliphatic heterocycles. The molecule has 20 heavy (non-hydrogen) atoms. The van der Waals surface area contributed by atoms with Crippen molar-refractivity contribution in [2.45, 2.75) is 31.8 Å². The van der Waals surface area contributed by atoms with Crippen LogP contribution in [0.3, 0.4) is 0 Å². The Morgan fingerprint density at radius 1 is 1.35 bits per heavy atom. The van der Waals surface area contributed by atoms with Crippen LogP contribution in [0.25, 0.3) is 0 Å². The van der Waals surface area contributed by atoms with Crippen LogP contribution in [0.15, 0.2) is 29.2 Å². The summed E-state index contributed by atoms with van der Waals surface area (Å²) in [7, 11) is 0. The predicted octanol–water partition coefficient (Wildman–Crippen LogP) is -0.840. The van der Waals surface area contributed by atoms with Gasteiger partial charge in [0.05, 0.1) is 0 Å². The highest BCUT2D eigenvalue weighted by Crippen LogP contribution is 2.04. The molecule has 106 valence electrons. The lowest BCUT2D eigenvalue weighted by Gasteiger charge is -2.21. The third-order valence-electron chi connectivity index (χ3n) is 3.05. The number of nitrogens with zero attached hydrogens (tertiary/aromatic N) is 1. The summed E-state index contributed by atoms with van der Waals surface area (Å²) in [6.45, 7) is 0.249. The molecule has 1 aromatic rings. The average Bonchev–Trinajstić information content (AvgIpc) is 2.41. The smallest absolute Gasteiger partial charge is 0.250 e. The summed E-state index contributed by atoms with van der Waals surface area (Å²) < 4.78 is 1.42. The first kappa shape index (κ1) is 14.0. The Morgan fingerprint density at radius 3 is 2.85 bits per heavy atom. The normalized spacial score (nSPS) is 18.5. The molecule has 1 aliphatic rings. The molecular weight excluding hydrogens is 262 g/mol. The van der Waals surface area contributed by atoms with Gasteiger partial charge in [-0.3, -0.25) is 24.5 Å². The molecule has 1 aromatic heterocycles. The second-order valence-corrected chi connectivity index (χ2v) is 4.55. The molecule has 7 nitrogen and oxygen atoms in total. The van der Waals surface area contributed by atoms with Crippen molar-refractivity contribution >= 4 is 17.7 Å². The highest BCUT2D eigenvalue weighted by Gasteiger charge is 2.27. The standard InChI is InChI=1S/C13H15N3O4/c17-10-5-4-9(13(20)15-10)14-11(18)6-8-16-7-2-1-3-12(16)19/h1-3,7,9H,4-6,8H2,(H,14,18)(H,15,17,20). The van der Waals surface area contributed by atoms with Crippen LogP contribution in [0, 0.1) is 0 Å². The Hall–Kier alpha value is -2.44. The van der Waals surface area contributed by atoms with Crippen LogP contribution in [0.1, 0.15) is 19.3 Å². The van der Waals surface area contributed by atoms with Gasteiger partial charge in [0, 0.05) is 31.6 Å². The summed E-state index contributed by atoms with van der Waals surface area (Å²) in [4.78, 5) is 45.6. The van der Waals surface area contributed by atoms with Gasteiger partial charge in [0.1, 0.15) is 6.04 Å². The fourth-order valence-electron chi connectivity index (χ4n) is 1.97. The first-order chi connectivity index (χ1) is 9.56.